The molecule has 98 valence electrons. The maximum atomic E-state index is 12.1. The van der Waals surface area contributed by atoms with Gasteiger partial charge in [0.25, 0.3) is 0 Å². The van der Waals surface area contributed by atoms with Gasteiger partial charge in [-0.2, -0.15) is 0 Å². The molecule has 0 saturated carbocycles. The van der Waals surface area contributed by atoms with Crippen LogP contribution in [0.15, 0.2) is 18.2 Å². The topological polar surface area (TPSA) is 26.3 Å². The van der Waals surface area contributed by atoms with Gasteiger partial charge >= 0.3 is 5.97 Å². The van der Waals surface area contributed by atoms with E-state index in [9.17, 15) is 4.79 Å². The van der Waals surface area contributed by atoms with E-state index in [1.807, 2.05) is 6.92 Å². The van der Waals surface area contributed by atoms with Gasteiger partial charge in [0.05, 0.1) is 12.5 Å². The first-order valence-corrected chi connectivity index (χ1v) is 6.91. The molecular formula is C16H22O2. The van der Waals surface area contributed by atoms with Crippen LogP contribution in [-0.2, 0) is 22.4 Å². The molecule has 2 nitrogen and oxygen atoms in total. The van der Waals surface area contributed by atoms with Gasteiger partial charge in [-0.05, 0) is 48.8 Å². The second kappa shape index (κ2) is 5.55. The molecule has 0 aromatic heterocycles. The lowest BCUT2D eigenvalue weighted by molar-refractivity contribution is -0.146. The smallest absolute Gasteiger partial charge is 0.313 e. The fraction of sp³-hybridized carbons (Fsp3) is 0.562. The Bertz CT molecular complexity index is 435. The van der Waals surface area contributed by atoms with Gasteiger partial charge in [0.1, 0.15) is 0 Å². The molecule has 1 unspecified atom stereocenters. The molecule has 0 aliphatic heterocycles. The molecular weight excluding hydrogens is 224 g/mol. The second-order valence-electron chi connectivity index (χ2n) is 5.36. The van der Waals surface area contributed by atoms with Crippen molar-refractivity contribution >= 4 is 5.97 Å². The average molecular weight is 246 g/mol. The molecule has 1 aromatic rings. The van der Waals surface area contributed by atoms with Crippen LogP contribution in [-0.4, -0.2) is 12.6 Å². The Hall–Kier alpha value is -1.31. The van der Waals surface area contributed by atoms with Crippen molar-refractivity contribution in [2.75, 3.05) is 6.61 Å². The molecule has 0 saturated heterocycles. The van der Waals surface area contributed by atoms with Gasteiger partial charge in [0.15, 0.2) is 0 Å². The molecule has 2 heteroatoms. The number of rotatable bonds is 4. The summed E-state index contributed by atoms with van der Waals surface area (Å²) in [5.74, 6) is 0.0461. The summed E-state index contributed by atoms with van der Waals surface area (Å²) in [4.78, 5) is 12.1. The highest BCUT2D eigenvalue weighted by molar-refractivity contribution is 5.78. The number of ether oxygens (including phenoxy) is 1. The first kappa shape index (κ1) is 13.1. The fourth-order valence-electron chi connectivity index (χ4n) is 2.81. The van der Waals surface area contributed by atoms with Crippen molar-refractivity contribution in [1.82, 2.24) is 0 Å². The number of aryl methyl sites for hydroxylation is 2. The minimum absolute atomic E-state index is 0.0922. The molecule has 0 amide bonds. The fourth-order valence-corrected chi connectivity index (χ4v) is 2.81. The third-order valence-corrected chi connectivity index (χ3v) is 3.69. The van der Waals surface area contributed by atoms with E-state index < -0.39 is 0 Å². The van der Waals surface area contributed by atoms with Crippen LogP contribution in [0.3, 0.4) is 0 Å². The maximum absolute atomic E-state index is 12.1. The van der Waals surface area contributed by atoms with E-state index in [0.29, 0.717) is 6.61 Å². The van der Waals surface area contributed by atoms with E-state index in [0.717, 1.165) is 12.0 Å². The van der Waals surface area contributed by atoms with Gasteiger partial charge in [-0.3, -0.25) is 4.79 Å². The van der Waals surface area contributed by atoms with Crippen LogP contribution in [0.4, 0.5) is 0 Å². The van der Waals surface area contributed by atoms with Crippen molar-refractivity contribution in [2.45, 2.75) is 46.0 Å². The van der Waals surface area contributed by atoms with E-state index in [1.54, 1.807) is 0 Å². The van der Waals surface area contributed by atoms with Crippen LogP contribution in [0.25, 0.3) is 0 Å². The van der Waals surface area contributed by atoms with Gasteiger partial charge in [-0.25, -0.2) is 0 Å². The van der Waals surface area contributed by atoms with E-state index >= 15 is 0 Å². The predicted octanol–water partition coefficient (Wildman–Crippen LogP) is 3.48. The molecule has 0 spiro atoms. The van der Waals surface area contributed by atoms with E-state index in [-0.39, 0.29) is 17.8 Å². The third kappa shape index (κ3) is 2.58. The predicted molar refractivity (Wildman–Crippen MR) is 72.7 cm³/mol. The van der Waals surface area contributed by atoms with Crippen LogP contribution >= 0.6 is 0 Å². The zero-order valence-electron chi connectivity index (χ0n) is 11.5. The monoisotopic (exact) mass is 246 g/mol. The highest BCUT2D eigenvalue weighted by atomic mass is 16.5. The van der Waals surface area contributed by atoms with Gasteiger partial charge in [0, 0.05) is 0 Å². The van der Waals surface area contributed by atoms with Crippen molar-refractivity contribution in [2.24, 2.45) is 5.92 Å². The summed E-state index contributed by atoms with van der Waals surface area (Å²) in [7, 11) is 0. The van der Waals surface area contributed by atoms with Gasteiger partial charge < -0.3 is 4.74 Å². The molecule has 2 rings (SSSR count). The molecule has 0 bridgehead atoms. The Balaban J connectivity index is 2.28. The number of carbonyl (C=O) groups is 1. The van der Waals surface area contributed by atoms with Crippen LogP contribution < -0.4 is 0 Å². The molecule has 18 heavy (non-hydrogen) atoms. The van der Waals surface area contributed by atoms with Gasteiger partial charge in [0.2, 0.25) is 0 Å². The maximum Gasteiger partial charge on any atom is 0.313 e. The molecule has 1 aromatic carbocycles. The summed E-state index contributed by atoms with van der Waals surface area (Å²) >= 11 is 0. The summed E-state index contributed by atoms with van der Waals surface area (Å²) in [5.41, 5.74) is 3.98. The first-order chi connectivity index (χ1) is 8.63. The van der Waals surface area contributed by atoms with E-state index in [1.165, 1.54) is 24.0 Å². The molecule has 1 aliphatic carbocycles. The van der Waals surface area contributed by atoms with Gasteiger partial charge in [-0.15, -0.1) is 0 Å². The number of esters is 1. The SMILES string of the molecule is CCOC(=O)C(c1ccc2c(c1)CCC2)C(C)C. The highest BCUT2D eigenvalue weighted by Gasteiger charge is 2.26. The standard InChI is InChI=1S/C16H22O2/c1-4-18-16(17)15(11(2)3)14-9-8-12-6-5-7-13(12)10-14/h8-11,15H,4-7H2,1-3H3. The number of hydrogen-bond acceptors (Lipinski definition) is 2. The largest absolute Gasteiger partial charge is 0.466 e. The van der Waals surface area contributed by atoms with Crippen molar-refractivity contribution in [3.8, 4) is 0 Å². The quantitative estimate of drug-likeness (QED) is 0.760. The van der Waals surface area contributed by atoms with E-state index in [2.05, 4.69) is 32.0 Å². The molecule has 1 atom stereocenters. The van der Waals surface area contributed by atoms with Crippen LogP contribution in [0.2, 0.25) is 0 Å². The Morgan fingerprint density at radius 3 is 2.67 bits per heavy atom. The van der Waals surface area contributed by atoms with Crippen LogP contribution in [0.1, 0.15) is 49.8 Å². The normalized spacial score (nSPS) is 15.6. The third-order valence-electron chi connectivity index (χ3n) is 3.69. The average Bonchev–Trinajstić information content (AvgIpc) is 2.76. The van der Waals surface area contributed by atoms with Gasteiger partial charge in [-0.1, -0.05) is 32.0 Å². The van der Waals surface area contributed by atoms with Crippen molar-refractivity contribution in [1.29, 1.82) is 0 Å². The number of fused-ring (bicyclic) bond motifs is 1. The second-order valence-corrected chi connectivity index (χ2v) is 5.36. The summed E-state index contributed by atoms with van der Waals surface area (Å²) in [6, 6.07) is 6.50. The molecule has 0 N–H and O–H groups in total. The van der Waals surface area contributed by atoms with Crippen molar-refractivity contribution < 1.29 is 9.53 Å². The Morgan fingerprint density at radius 2 is 2.00 bits per heavy atom. The first-order valence-electron chi connectivity index (χ1n) is 6.91. The molecule has 1 aliphatic rings. The number of hydrogen-bond donors (Lipinski definition) is 0. The van der Waals surface area contributed by atoms with Crippen molar-refractivity contribution in [3.63, 3.8) is 0 Å². The number of carbonyl (C=O) groups excluding carboxylic acids is 1. The van der Waals surface area contributed by atoms with Crippen molar-refractivity contribution in [3.05, 3.63) is 34.9 Å². The zero-order valence-corrected chi connectivity index (χ0v) is 11.5. The van der Waals surface area contributed by atoms with Crippen LogP contribution in [0, 0.1) is 5.92 Å². The Morgan fingerprint density at radius 1 is 1.28 bits per heavy atom. The summed E-state index contributed by atoms with van der Waals surface area (Å²) in [6.45, 7) is 6.47. The minimum atomic E-state index is -0.129. The molecule has 0 heterocycles. The summed E-state index contributed by atoms with van der Waals surface area (Å²) < 4.78 is 5.20. The lowest BCUT2D eigenvalue weighted by Gasteiger charge is -2.20. The lowest BCUT2D eigenvalue weighted by atomic mass is 9.87. The molecule has 0 radical (unpaired) electrons. The highest BCUT2D eigenvalue weighted by Crippen LogP contribution is 2.30. The lowest BCUT2D eigenvalue weighted by Crippen LogP contribution is -2.21. The number of benzene rings is 1. The Kier molecular flexibility index (Phi) is 4.05. The van der Waals surface area contributed by atoms with Crippen LogP contribution in [0.5, 0.6) is 0 Å². The van der Waals surface area contributed by atoms with E-state index in [4.69, 9.17) is 4.74 Å². The molecule has 0 fully saturated rings. The zero-order chi connectivity index (χ0) is 13.1. The Labute approximate surface area is 109 Å². The summed E-state index contributed by atoms with van der Waals surface area (Å²) in [5, 5.41) is 0. The minimum Gasteiger partial charge on any atom is -0.466 e. The summed E-state index contributed by atoms with van der Waals surface area (Å²) in [6.07, 6.45) is 3.57.